The maximum Gasteiger partial charge on any atom is 0.246 e. The number of hydrogen-bond donors (Lipinski definition) is 3. The van der Waals surface area contributed by atoms with Gasteiger partial charge in [0.05, 0.1) is 30.1 Å². The molecule has 0 saturated carbocycles. The van der Waals surface area contributed by atoms with Crippen molar-refractivity contribution in [3.05, 3.63) is 66.2 Å². The van der Waals surface area contributed by atoms with Gasteiger partial charge in [0.15, 0.2) is 0 Å². The van der Waals surface area contributed by atoms with Gasteiger partial charge < -0.3 is 25.4 Å². The second kappa shape index (κ2) is 11.0. The third-order valence-corrected chi connectivity index (χ3v) is 9.35. The highest BCUT2D eigenvalue weighted by molar-refractivity contribution is 6.02. The van der Waals surface area contributed by atoms with E-state index in [0.29, 0.717) is 18.5 Å². The van der Waals surface area contributed by atoms with Crippen molar-refractivity contribution < 1.29 is 24.2 Å². The predicted molar refractivity (Wildman–Crippen MR) is 152 cm³/mol. The number of nitrogens with zero attached hydrogens (tertiary/aromatic N) is 1. The van der Waals surface area contributed by atoms with Crippen molar-refractivity contribution in [2.75, 3.05) is 11.9 Å². The number of aliphatic hydroxyl groups is 1. The number of nitrogens with one attached hydrogen (secondary N) is 2. The molecule has 0 aromatic heterocycles. The number of rotatable bonds is 10. The molecule has 3 amide bonds. The average molecular weight is 548 g/mol. The summed E-state index contributed by atoms with van der Waals surface area (Å²) < 4.78 is 6.81. The Kier molecular flexibility index (Phi) is 7.77. The Morgan fingerprint density at radius 1 is 1.10 bits per heavy atom. The topological polar surface area (TPSA) is 108 Å². The summed E-state index contributed by atoms with van der Waals surface area (Å²) in [6.07, 6.45) is 2.57. The smallest absolute Gasteiger partial charge is 0.246 e. The van der Waals surface area contributed by atoms with E-state index in [1.165, 1.54) is 0 Å². The molecule has 0 aliphatic carbocycles. The van der Waals surface area contributed by atoms with Crippen LogP contribution in [0.25, 0.3) is 0 Å². The maximum absolute atomic E-state index is 14.5. The lowest BCUT2D eigenvalue weighted by molar-refractivity contribution is -0.150. The van der Waals surface area contributed by atoms with E-state index in [1.54, 1.807) is 4.90 Å². The van der Waals surface area contributed by atoms with Gasteiger partial charge >= 0.3 is 0 Å². The molecule has 2 aromatic rings. The third-order valence-electron chi connectivity index (χ3n) is 9.35. The minimum absolute atomic E-state index is 0.0620. The molecule has 8 heteroatoms. The number of fused-ring (bicyclic) bond motifs is 1. The van der Waals surface area contributed by atoms with Gasteiger partial charge in [0, 0.05) is 11.7 Å². The quantitative estimate of drug-likeness (QED) is 0.422. The van der Waals surface area contributed by atoms with Crippen LogP contribution in [0.5, 0.6) is 0 Å². The second-order valence-corrected chi connectivity index (χ2v) is 12.0. The molecular formula is C32H41N3O5. The van der Waals surface area contributed by atoms with Crippen LogP contribution in [0.3, 0.4) is 0 Å². The zero-order valence-corrected chi connectivity index (χ0v) is 23.8. The van der Waals surface area contributed by atoms with Crippen LogP contribution in [0.4, 0.5) is 5.69 Å². The summed E-state index contributed by atoms with van der Waals surface area (Å²) in [4.78, 5) is 44.0. The number of para-hydroxylation sites is 1. The minimum Gasteiger partial charge on any atom is -0.394 e. The van der Waals surface area contributed by atoms with Gasteiger partial charge in [0.1, 0.15) is 11.6 Å². The first-order valence-corrected chi connectivity index (χ1v) is 14.5. The summed E-state index contributed by atoms with van der Waals surface area (Å²) in [7, 11) is 0. The predicted octanol–water partition coefficient (Wildman–Crippen LogP) is 3.54. The number of benzene rings is 2. The molecule has 0 radical (unpaired) electrons. The Labute approximate surface area is 236 Å². The van der Waals surface area contributed by atoms with Crippen molar-refractivity contribution in [3.8, 4) is 0 Å². The van der Waals surface area contributed by atoms with Gasteiger partial charge in [-0.3, -0.25) is 14.4 Å². The average Bonchev–Trinajstić information content (AvgIpc) is 3.45. The molecule has 3 saturated heterocycles. The van der Waals surface area contributed by atoms with E-state index >= 15 is 0 Å². The number of aliphatic hydroxyl groups excluding tert-OH is 1. The Morgan fingerprint density at radius 3 is 2.38 bits per heavy atom. The number of carbonyl (C=O) groups excluding carboxylic acids is 3. The first-order valence-electron chi connectivity index (χ1n) is 14.5. The molecule has 2 aromatic carbocycles. The fourth-order valence-corrected chi connectivity index (χ4v) is 7.47. The van der Waals surface area contributed by atoms with Gasteiger partial charge in [-0.25, -0.2) is 0 Å². The zero-order chi connectivity index (χ0) is 28.7. The van der Waals surface area contributed by atoms with Crippen LogP contribution in [0.2, 0.25) is 0 Å². The van der Waals surface area contributed by atoms with Gasteiger partial charge in [-0.1, -0.05) is 68.8 Å². The van der Waals surface area contributed by atoms with Gasteiger partial charge in [-0.15, -0.1) is 0 Å². The van der Waals surface area contributed by atoms with Crippen LogP contribution < -0.4 is 10.6 Å². The summed E-state index contributed by atoms with van der Waals surface area (Å²) in [5.41, 5.74) is -0.481. The summed E-state index contributed by atoms with van der Waals surface area (Å²) >= 11 is 0. The lowest BCUT2D eigenvalue weighted by Crippen LogP contribution is -2.59. The number of ether oxygens (including phenoxy) is 1. The lowest BCUT2D eigenvalue weighted by atomic mass is 9.62. The largest absolute Gasteiger partial charge is 0.394 e. The van der Waals surface area contributed by atoms with E-state index in [2.05, 4.69) is 17.6 Å². The van der Waals surface area contributed by atoms with Crippen molar-refractivity contribution in [1.29, 1.82) is 0 Å². The molecule has 3 aliphatic heterocycles. The van der Waals surface area contributed by atoms with Crippen molar-refractivity contribution >= 4 is 23.4 Å². The van der Waals surface area contributed by atoms with Crippen molar-refractivity contribution in [3.63, 3.8) is 0 Å². The van der Waals surface area contributed by atoms with E-state index in [4.69, 9.17) is 4.74 Å². The summed E-state index contributed by atoms with van der Waals surface area (Å²) in [6, 6.07) is 17.1. The van der Waals surface area contributed by atoms with Crippen LogP contribution >= 0.6 is 0 Å². The monoisotopic (exact) mass is 547 g/mol. The Bertz CT molecular complexity index is 1240. The summed E-state index contributed by atoms with van der Waals surface area (Å²) in [5.74, 6) is -2.56. The molecule has 3 aliphatic rings. The Balaban J connectivity index is 1.56. The molecule has 5 rings (SSSR count). The molecule has 8 nitrogen and oxygen atoms in total. The summed E-state index contributed by atoms with van der Waals surface area (Å²) in [5, 5.41) is 16.7. The zero-order valence-electron chi connectivity index (χ0n) is 23.8. The normalized spacial score (nSPS) is 32.0. The molecule has 4 unspecified atom stereocenters. The molecular weight excluding hydrogens is 506 g/mol. The first kappa shape index (κ1) is 28.3. The van der Waals surface area contributed by atoms with Crippen molar-refractivity contribution in [2.24, 2.45) is 17.8 Å². The van der Waals surface area contributed by atoms with E-state index in [1.807, 2.05) is 81.4 Å². The minimum atomic E-state index is -1.16. The fraction of sp³-hybridized carbons (Fsp3) is 0.531. The Morgan fingerprint density at radius 2 is 1.75 bits per heavy atom. The highest BCUT2D eigenvalue weighted by Crippen LogP contribution is 2.65. The van der Waals surface area contributed by atoms with E-state index in [9.17, 15) is 19.5 Å². The lowest BCUT2D eigenvalue weighted by Gasteiger charge is -2.37. The third kappa shape index (κ3) is 4.61. The number of anilines is 1. The van der Waals surface area contributed by atoms with Crippen molar-refractivity contribution in [1.82, 2.24) is 10.2 Å². The van der Waals surface area contributed by atoms with E-state index < -0.39 is 35.1 Å². The summed E-state index contributed by atoms with van der Waals surface area (Å²) in [6.45, 7) is 7.64. The number of carbonyl (C=O) groups is 3. The highest BCUT2D eigenvalue weighted by Gasteiger charge is 2.80. The fourth-order valence-electron chi connectivity index (χ4n) is 7.47. The van der Waals surface area contributed by atoms with Gasteiger partial charge in [-0.2, -0.15) is 0 Å². The highest BCUT2D eigenvalue weighted by atomic mass is 16.5. The van der Waals surface area contributed by atoms with Gasteiger partial charge in [-0.05, 0) is 56.7 Å². The van der Waals surface area contributed by atoms with Crippen LogP contribution in [-0.2, 0) is 25.5 Å². The van der Waals surface area contributed by atoms with Crippen LogP contribution in [-0.4, -0.2) is 63.7 Å². The maximum atomic E-state index is 14.5. The number of amides is 3. The second-order valence-electron chi connectivity index (χ2n) is 12.0. The van der Waals surface area contributed by atoms with E-state index in [0.717, 1.165) is 18.4 Å². The molecule has 1 spiro atoms. The molecule has 3 N–H and O–H groups in total. The molecule has 214 valence electrons. The first-order chi connectivity index (χ1) is 19.2. The van der Waals surface area contributed by atoms with Crippen LogP contribution in [0, 0.1) is 17.8 Å². The molecule has 8 atom stereocenters. The molecule has 3 heterocycles. The molecule has 2 bridgehead atoms. The van der Waals surface area contributed by atoms with Crippen LogP contribution in [0.15, 0.2) is 60.7 Å². The van der Waals surface area contributed by atoms with Gasteiger partial charge in [0.2, 0.25) is 17.7 Å². The number of hydrogen-bond acceptors (Lipinski definition) is 5. The number of likely N-dealkylation sites (tertiary alicyclic amines) is 1. The van der Waals surface area contributed by atoms with Crippen LogP contribution in [0.1, 0.15) is 52.5 Å². The SMILES string of the molecule is CCCC(C)NC(=O)C1N([C@@H](CO)Cc2ccccc2)C(=O)[C@@H]2[C@@H](C(=O)Nc3ccccc3)[C@]3(C)OC12CC3C. The molecule has 40 heavy (non-hydrogen) atoms. The molecule has 3 fully saturated rings. The Hall–Kier alpha value is -3.23. The van der Waals surface area contributed by atoms with Gasteiger partial charge in [0.25, 0.3) is 0 Å². The van der Waals surface area contributed by atoms with E-state index in [-0.39, 0.29) is 36.3 Å². The standard InChI is InChI=1S/C32H41N3O5/c1-5-12-21(3)33-29(38)27-32-18-20(2)31(4,40-32)25(28(37)34-23-15-10-7-11-16-23)26(32)30(39)35(27)24(19-36)17-22-13-8-6-9-14-22/h6-11,13-16,20-21,24-27,36H,5,12,17-19H2,1-4H3,(H,33,38)(H,34,37)/t20?,21?,24-,25+,26+,27?,31-,32?/m1/s1. The van der Waals surface area contributed by atoms with Crippen molar-refractivity contribution in [2.45, 2.75) is 82.7 Å².